The zero-order valence-electron chi connectivity index (χ0n) is 40.1. The molecule has 0 aromatic carbocycles. The summed E-state index contributed by atoms with van der Waals surface area (Å²) >= 11 is 12.0. The number of hydrogen-bond donors (Lipinski definition) is 4. The van der Waals surface area contributed by atoms with Gasteiger partial charge in [-0.15, -0.1) is 11.6 Å². The lowest BCUT2D eigenvalue weighted by Gasteiger charge is -2.03. The number of methoxy groups -OCH3 is 4. The molecule has 0 aliphatic heterocycles. The van der Waals surface area contributed by atoms with Gasteiger partial charge in [0.15, 0.2) is 0 Å². The third-order valence-electron chi connectivity index (χ3n) is 5.80. The number of alkyl halides is 4. The molecular weight excluding hydrogens is 1280 g/mol. The van der Waals surface area contributed by atoms with Crippen LogP contribution in [0.3, 0.4) is 0 Å². The van der Waals surface area contributed by atoms with Crippen LogP contribution >= 0.6 is 79.4 Å². The molecule has 0 fully saturated rings. The van der Waals surface area contributed by atoms with E-state index in [9.17, 15) is 19.2 Å². The molecule has 4 N–H and O–H groups in total. The molecule has 412 valence electrons. The molecule has 0 aliphatic carbocycles. The van der Waals surface area contributed by atoms with E-state index in [1.165, 1.54) is 14.2 Å². The molecule has 0 aliphatic rings. The number of carboxylic acids is 2. The van der Waals surface area contributed by atoms with Crippen molar-refractivity contribution < 1.29 is 115 Å². The van der Waals surface area contributed by atoms with Crippen LogP contribution in [-0.4, -0.2) is 277 Å². The predicted molar refractivity (Wildman–Crippen MR) is 274 cm³/mol. The SMILES string of the molecule is COC(=O)COCCOCCI.COCCOCCOCC(=O)O.COCCOCCOCC(=O)OC.O=C(O)COCCOCCI.OCCOCCOCCCl.OCCOCCOCCI. The van der Waals surface area contributed by atoms with E-state index < -0.39 is 11.9 Å². The highest BCUT2D eigenvalue weighted by Gasteiger charge is 2.00. The summed E-state index contributed by atoms with van der Waals surface area (Å²) in [5.74, 6) is -2.13. The highest BCUT2D eigenvalue weighted by Crippen LogP contribution is 1.87. The van der Waals surface area contributed by atoms with E-state index >= 15 is 0 Å². The maximum atomic E-state index is 10.5. The van der Waals surface area contributed by atoms with Gasteiger partial charge in [0, 0.05) is 33.4 Å². The van der Waals surface area contributed by atoms with E-state index in [-0.39, 0.29) is 51.6 Å². The zero-order valence-corrected chi connectivity index (χ0v) is 47.3. The molecule has 0 unspecified atom stereocenters. The van der Waals surface area contributed by atoms with Crippen LogP contribution in [0.15, 0.2) is 0 Å². The monoisotopic (exact) mass is 1360 g/mol. The Morgan fingerprint density at radius 3 is 0.824 bits per heavy atom. The Morgan fingerprint density at radius 2 is 0.588 bits per heavy atom. The average Bonchev–Trinajstić information content (AvgIpc) is 3.33. The molecular formula is C40H80ClI3O24. The van der Waals surface area contributed by atoms with Gasteiger partial charge in [-0.25, -0.2) is 19.2 Å². The Labute approximate surface area is 448 Å². The number of hydrogen-bond acceptors (Lipinski definition) is 22. The lowest BCUT2D eigenvalue weighted by atomic mass is 10.7. The van der Waals surface area contributed by atoms with Gasteiger partial charge in [-0.3, -0.25) is 0 Å². The number of aliphatic hydroxyl groups is 2. The molecule has 0 aromatic rings. The van der Waals surface area contributed by atoms with Gasteiger partial charge in [-0.1, -0.05) is 67.8 Å². The maximum Gasteiger partial charge on any atom is 0.331 e. The first-order valence-corrected chi connectivity index (χ1v) is 26.0. The fourth-order valence-electron chi connectivity index (χ4n) is 2.90. The fourth-order valence-corrected chi connectivity index (χ4v) is 3.95. The van der Waals surface area contributed by atoms with Gasteiger partial charge in [0.25, 0.3) is 0 Å². The number of carbonyl (C=O) groups excluding carboxylic acids is 2. The third-order valence-corrected chi connectivity index (χ3v) is 7.27. The lowest BCUT2D eigenvalue weighted by molar-refractivity contribution is -0.147. The maximum absolute atomic E-state index is 10.5. The summed E-state index contributed by atoms with van der Waals surface area (Å²) in [4.78, 5) is 40.9. The van der Waals surface area contributed by atoms with E-state index in [1.54, 1.807) is 14.2 Å². The van der Waals surface area contributed by atoms with Crippen LogP contribution in [0.4, 0.5) is 0 Å². The first-order valence-electron chi connectivity index (χ1n) is 20.9. The summed E-state index contributed by atoms with van der Waals surface area (Å²) in [6.45, 7) is 10.9. The minimum Gasteiger partial charge on any atom is -0.480 e. The van der Waals surface area contributed by atoms with Gasteiger partial charge >= 0.3 is 23.9 Å². The van der Waals surface area contributed by atoms with Crippen LogP contribution in [0.2, 0.25) is 0 Å². The van der Waals surface area contributed by atoms with Crippen LogP contribution < -0.4 is 0 Å². The number of rotatable bonds is 44. The number of carbonyl (C=O) groups is 4. The minimum atomic E-state index is -0.966. The number of aliphatic hydroxyl groups excluding tert-OH is 2. The summed E-state index contributed by atoms with van der Waals surface area (Å²) < 4.78 is 80.7. The van der Waals surface area contributed by atoms with E-state index in [4.69, 9.17) is 98.3 Å². The standard InChI is InChI=1S/C8H16O5.C7H13IO4.C7H14O5.C6H13ClO3.C6H11IO4.C6H13IO3/c1-10-3-4-12-5-6-13-7-8(9)11-2;1-10-7(9)6-12-5-4-11-3-2-8;1-10-2-3-11-4-5-12-6-7(8)9;7-1-3-9-5-6-10-4-2-8;7-1-2-10-3-4-11-5-6(8)9;7-1-3-9-5-6-10-4-2-8/h3-7H2,1-2H3;2-6H2,1H3;2-6H2,1H3,(H,8,9);8H,1-6H2;1-5H2,(H,8,9);8H,1-6H2. The Kier molecular flexibility index (Phi) is 94.0. The molecule has 0 spiro atoms. The molecule has 0 heterocycles. The lowest BCUT2D eigenvalue weighted by Crippen LogP contribution is -2.14. The van der Waals surface area contributed by atoms with Gasteiger partial charge in [0.2, 0.25) is 0 Å². The summed E-state index contributed by atoms with van der Waals surface area (Å²) in [7, 11) is 5.85. The summed E-state index contributed by atoms with van der Waals surface area (Å²) in [6.07, 6.45) is 0. The van der Waals surface area contributed by atoms with Crippen molar-refractivity contribution in [2.45, 2.75) is 0 Å². The van der Waals surface area contributed by atoms with Crippen molar-refractivity contribution in [2.75, 3.05) is 233 Å². The fraction of sp³-hybridized carbons (Fsp3) is 0.900. The minimum absolute atomic E-state index is 0.00406. The van der Waals surface area contributed by atoms with Crippen molar-refractivity contribution >= 4 is 103 Å². The average molecular weight is 1360 g/mol. The van der Waals surface area contributed by atoms with Crippen LogP contribution in [-0.2, 0) is 95.0 Å². The summed E-state index contributed by atoms with van der Waals surface area (Å²) in [5, 5.41) is 32.9. The third kappa shape index (κ3) is 103. The molecule has 0 aromatic heterocycles. The van der Waals surface area contributed by atoms with Gasteiger partial charge in [-0.2, -0.15) is 0 Å². The predicted octanol–water partition coefficient (Wildman–Crippen LogP) is 1.45. The van der Waals surface area contributed by atoms with Gasteiger partial charge in [-0.05, 0) is 0 Å². The normalized spacial score (nSPS) is 10.0. The molecule has 28 heteroatoms. The second kappa shape index (κ2) is 80.8. The van der Waals surface area contributed by atoms with Gasteiger partial charge in [0.1, 0.15) is 26.4 Å². The van der Waals surface area contributed by atoms with Crippen molar-refractivity contribution in [2.24, 2.45) is 0 Å². The Bertz CT molecular complexity index is 927. The van der Waals surface area contributed by atoms with Crippen LogP contribution in [0.1, 0.15) is 0 Å². The number of ether oxygens (including phenoxy) is 16. The van der Waals surface area contributed by atoms with E-state index in [2.05, 4.69) is 77.2 Å². The molecule has 0 radical (unpaired) electrons. The van der Waals surface area contributed by atoms with Crippen molar-refractivity contribution in [3.05, 3.63) is 0 Å². The smallest absolute Gasteiger partial charge is 0.331 e. The highest BCUT2D eigenvalue weighted by atomic mass is 127. The topological polar surface area (TPSA) is 297 Å². The van der Waals surface area contributed by atoms with E-state index in [1.807, 2.05) is 0 Å². The Morgan fingerprint density at radius 1 is 0.353 bits per heavy atom. The largest absolute Gasteiger partial charge is 0.480 e. The van der Waals surface area contributed by atoms with Crippen molar-refractivity contribution in [1.82, 2.24) is 0 Å². The summed E-state index contributed by atoms with van der Waals surface area (Å²) in [5.41, 5.74) is 0. The van der Waals surface area contributed by atoms with Crippen LogP contribution in [0.5, 0.6) is 0 Å². The van der Waals surface area contributed by atoms with Crippen LogP contribution in [0, 0.1) is 0 Å². The molecule has 68 heavy (non-hydrogen) atoms. The number of esters is 2. The molecule has 0 atom stereocenters. The molecule has 0 saturated carbocycles. The van der Waals surface area contributed by atoms with Crippen molar-refractivity contribution in [3.8, 4) is 0 Å². The highest BCUT2D eigenvalue weighted by molar-refractivity contribution is 14.1. The first kappa shape index (κ1) is 79.1. The second-order valence-corrected chi connectivity index (χ2v) is 14.9. The van der Waals surface area contributed by atoms with Gasteiger partial charge < -0.3 is 96.2 Å². The Balaban J connectivity index is -0.000000170. The molecule has 0 rings (SSSR count). The van der Waals surface area contributed by atoms with Crippen LogP contribution in [0.25, 0.3) is 0 Å². The molecule has 0 amide bonds. The summed E-state index contributed by atoms with van der Waals surface area (Å²) in [6, 6.07) is 0. The zero-order chi connectivity index (χ0) is 52.3. The van der Waals surface area contributed by atoms with Crippen molar-refractivity contribution in [3.63, 3.8) is 0 Å². The number of aliphatic carboxylic acids is 2. The molecule has 0 bridgehead atoms. The number of halogens is 4. The quantitative estimate of drug-likeness (QED) is 0.0291. The van der Waals surface area contributed by atoms with Crippen molar-refractivity contribution in [1.29, 1.82) is 0 Å². The van der Waals surface area contributed by atoms with Gasteiger partial charge in [0.05, 0.1) is 173 Å². The van der Waals surface area contributed by atoms with E-state index in [0.29, 0.717) is 138 Å². The van der Waals surface area contributed by atoms with E-state index in [0.717, 1.165) is 26.5 Å². The molecule has 0 saturated heterocycles. The first-order chi connectivity index (χ1) is 33.0. The molecule has 24 nitrogen and oxygen atoms in total. The Hall–Kier alpha value is -0.280. The number of carboxylic acid groups (broad SMARTS) is 2. The second-order valence-electron chi connectivity index (χ2n) is 11.2.